The Kier molecular flexibility index (Phi) is 12.1. The smallest absolute Gasteiger partial charge is 0.330 e. The van der Waals surface area contributed by atoms with Crippen LogP contribution in [0.15, 0.2) is 48.5 Å². The molecule has 224 valence electrons. The molecule has 3 rings (SSSR count). The molecule has 1 saturated heterocycles. The number of ether oxygens (including phenoxy) is 4. The predicted octanol–water partition coefficient (Wildman–Crippen LogP) is 4.53. The largest absolute Gasteiger partial charge is 0.467 e. The van der Waals surface area contributed by atoms with E-state index in [9.17, 15) is 19.7 Å². The summed E-state index contributed by atoms with van der Waals surface area (Å²) in [5.41, 5.74) is -0.0163. The Morgan fingerprint density at radius 2 is 1.80 bits per heavy atom. The molecule has 0 saturated carbocycles. The number of rotatable bonds is 14. The van der Waals surface area contributed by atoms with Crippen LogP contribution in [-0.4, -0.2) is 61.4 Å². The highest BCUT2D eigenvalue weighted by atomic mass is 16.6. The molecule has 0 spiro atoms. The van der Waals surface area contributed by atoms with Crippen LogP contribution in [0.3, 0.4) is 0 Å². The van der Waals surface area contributed by atoms with Crippen LogP contribution in [-0.2, 0) is 30.3 Å². The zero-order valence-corrected chi connectivity index (χ0v) is 24.2. The van der Waals surface area contributed by atoms with Crippen molar-refractivity contribution in [3.8, 4) is 11.5 Å². The second kappa shape index (κ2) is 15.5. The standard InChI is InChI=1S/C30H41N3O8/c1-30(2,3)40-20-26(29(35)38-4)32-28(34)13-11-25(21-14-16-39-17-15-21)31-19-22-18-24(10-12-27(22)33(36)37)41-23-8-6-5-7-9-23/h5-10,12,18,21,25-26,31H,11,13-17,19-20H2,1-4H3,(H,32,34)/t25-,26+/m0/s1. The quantitative estimate of drug-likeness (QED) is 0.190. The number of hydrogen-bond acceptors (Lipinski definition) is 9. The number of hydrogen-bond donors (Lipinski definition) is 2. The zero-order chi connectivity index (χ0) is 29.8. The van der Waals surface area contributed by atoms with Crippen molar-refractivity contribution < 1.29 is 33.5 Å². The van der Waals surface area contributed by atoms with Gasteiger partial charge < -0.3 is 29.6 Å². The summed E-state index contributed by atoms with van der Waals surface area (Å²) in [6, 6.07) is 12.9. The van der Waals surface area contributed by atoms with E-state index >= 15 is 0 Å². The van der Waals surface area contributed by atoms with Gasteiger partial charge in [0.15, 0.2) is 6.04 Å². The molecule has 2 N–H and O–H groups in total. The van der Waals surface area contributed by atoms with E-state index in [1.807, 2.05) is 51.1 Å². The number of benzene rings is 2. The summed E-state index contributed by atoms with van der Waals surface area (Å²) in [5, 5.41) is 18.0. The number of nitrogens with one attached hydrogen (secondary N) is 2. The van der Waals surface area contributed by atoms with E-state index in [1.165, 1.54) is 13.2 Å². The highest BCUT2D eigenvalue weighted by Crippen LogP contribution is 2.29. The fourth-order valence-electron chi connectivity index (χ4n) is 4.63. The third-order valence-corrected chi connectivity index (χ3v) is 6.80. The van der Waals surface area contributed by atoms with Gasteiger partial charge in [0.05, 0.1) is 24.2 Å². The van der Waals surface area contributed by atoms with Gasteiger partial charge in [-0.15, -0.1) is 0 Å². The average Bonchev–Trinajstić information content (AvgIpc) is 2.95. The number of carbonyl (C=O) groups is 2. The summed E-state index contributed by atoms with van der Waals surface area (Å²) in [7, 11) is 1.27. The van der Waals surface area contributed by atoms with Crippen molar-refractivity contribution >= 4 is 17.6 Å². The predicted molar refractivity (Wildman–Crippen MR) is 153 cm³/mol. The molecule has 2 aromatic rings. The van der Waals surface area contributed by atoms with Gasteiger partial charge >= 0.3 is 5.97 Å². The minimum atomic E-state index is -0.920. The second-order valence-corrected chi connectivity index (χ2v) is 11.0. The normalized spacial score (nSPS) is 15.5. The van der Waals surface area contributed by atoms with Crippen LogP contribution in [0, 0.1) is 16.0 Å². The summed E-state index contributed by atoms with van der Waals surface area (Å²) in [4.78, 5) is 36.5. The summed E-state index contributed by atoms with van der Waals surface area (Å²) >= 11 is 0. The lowest BCUT2D eigenvalue weighted by atomic mass is 9.88. The fraction of sp³-hybridized carbons (Fsp3) is 0.533. The number of methoxy groups -OCH3 is 1. The molecule has 0 bridgehead atoms. The van der Waals surface area contributed by atoms with Crippen molar-refractivity contribution in [1.29, 1.82) is 0 Å². The molecule has 1 aliphatic heterocycles. The summed E-state index contributed by atoms with van der Waals surface area (Å²) in [6.07, 6.45) is 2.24. The van der Waals surface area contributed by atoms with E-state index in [2.05, 4.69) is 10.6 Å². The molecule has 0 unspecified atom stereocenters. The van der Waals surface area contributed by atoms with Crippen molar-refractivity contribution in [2.75, 3.05) is 26.9 Å². The maximum absolute atomic E-state index is 12.9. The van der Waals surface area contributed by atoms with E-state index in [0.717, 1.165) is 12.8 Å². The molecule has 2 atom stereocenters. The lowest BCUT2D eigenvalue weighted by Crippen LogP contribution is -2.46. The SMILES string of the molecule is COC(=O)[C@@H](COC(C)(C)C)NC(=O)CC[C@H](NCc1cc(Oc2ccccc2)ccc1[N+](=O)[O-])C1CCOCC1. The fourth-order valence-corrected chi connectivity index (χ4v) is 4.63. The Hall–Kier alpha value is -3.54. The van der Waals surface area contributed by atoms with Gasteiger partial charge in [0.25, 0.3) is 5.69 Å². The van der Waals surface area contributed by atoms with Gasteiger partial charge in [-0.3, -0.25) is 14.9 Å². The van der Waals surface area contributed by atoms with Crippen LogP contribution in [0.2, 0.25) is 0 Å². The third-order valence-electron chi connectivity index (χ3n) is 6.80. The van der Waals surface area contributed by atoms with Crippen LogP contribution < -0.4 is 15.4 Å². The minimum absolute atomic E-state index is 0.00534. The number of nitro benzene ring substituents is 1. The molecule has 2 aromatic carbocycles. The van der Waals surface area contributed by atoms with Gasteiger partial charge in [-0.05, 0) is 70.2 Å². The first kappa shape index (κ1) is 32.0. The molecule has 1 fully saturated rings. The van der Waals surface area contributed by atoms with Crippen LogP contribution in [0.5, 0.6) is 11.5 Å². The van der Waals surface area contributed by atoms with Gasteiger partial charge in [-0.25, -0.2) is 4.79 Å². The van der Waals surface area contributed by atoms with Crippen molar-refractivity contribution in [2.45, 2.75) is 70.7 Å². The molecule has 1 amide bonds. The van der Waals surface area contributed by atoms with Crippen LogP contribution >= 0.6 is 0 Å². The van der Waals surface area contributed by atoms with E-state index in [4.69, 9.17) is 18.9 Å². The Balaban J connectivity index is 1.68. The second-order valence-electron chi connectivity index (χ2n) is 11.0. The van der Waals surface area contributed by atoms with Gasteiger partial charge in [-0.1, -0.05) is 18.2 Å². The average molecular weight is 572 g/mol. The molecule has 11 nitrogen and oxygen atoms in total. The monoisotopic (exact) mass is 571 g/mol. The van der Waals surface area contributed by atoms with Gasteiger partial charge in [-0.2, -0.15) is 0 Å². The molecule has 0 radical (unpaired) electrons. The van der Waals surface area contributed by atoms with Crippen LogP contribution in [0.25, 0.3) is 0 Å². The Labute approximate surface area is 241 Å². The lowest BCUT2D eigenvalue weighted by Gasteiger charge is -2.31. The Bertz CT molecular complexity index is 1150. The minimum Gasteiger partial charge on any atom is -0.467 e. The van der Waals surface area contributed by atoms with Crippen LogP contribution in [0.4, 0.5) is 5.69 Å². The topological polar surface area (TPSA) is 138 Å². The van der Waals surface area contributed by atoms with Crippen LogP contribution in [0.1, 0.15) is 52.0 Å². The first-order valence-corrected chi connectivity index (χ1v) is 13.9. The molecule has 0 aliphatic carbocycles. The van der Waals surface area contributed by atoms with E-state index < -0.39 is 22.5 Å². The highest BCUT2D eigenvalue weighted by molar-refractivity contribution is 5.84. The maximum atomic E-state index is 12.9. The number of carbonyl (C=O) groups excluding carboxylic acids is 2. The summed E-state index contributed by atoms with van der Waals surface area (Å²) in [5.74, 6) is 0.462. The number of nitro groups is 1. The zero-order valence-electron chi connectivity index (χ0n) is 24.2. The molecule has 11 heteroatoms. The summed E-state index contributed by atoms with van der Waals surface area (Å²) in [6.45, 7) is 7.03. The van der Waals surface area contributed by atoms with Crippen molar-refractivity contribution in [3.63, 3.8) is 0 Å². The molecular weight excluding hydrogens is 530 g/mol. The number of para-hydroxylation sites is 1. The third kappa shape index (κ3) is 10.8. The van der Waals surface area contributed by atoms with Gasteiger partial charge in [0.1, 0.15) is 11.5 Å². The number of esters is 1. The maximum Gasteiger partial charge on any atom is 0.330 e. The van der Waals surface area contributed by atoms with E-state index in [-0.39, 0.29) is 43.1 Å². The van der Waals surface area contributed by atoms with Gasteiger partial charge in [0, 0.05) is 43.9 Å². The van der Waals surface area contributed by atoms with E-state index in [1.54, 1.807) is 12.1 Å². The first-order chi connectivity index (χ1) is 19.6. The molecule has 1 heterocycles. The molecule has 1 aliphatic rings. The van der Waals surface area contributed by atoms with E-state index in [0.29, 0.717) is 36.7 Å². The molecular formula is C30H41N3O8. The van der Waals surface area contributed by atoms with Crippen molar-refractivity contribution in [1.82, 2.24) is 10.6 Å². The Morgan fingerprint density at radius 1 is 1.10 bits per heavy atom. The number of nitrogens with zero attached hydrogens (tertiary/aromatic N) is 1. The highest BCUT2D eigenvalue weighted by Gasteiger charge is 2.28. The lowest BCUT2D eigenvalue weighted by molar-refractivity contribution is -0.385. The van der Waals surface area contributed by atoms with Crippen molar-refractivity contribution in [3.05, 3.63) is 64.2 Å². The summed E-state index contributed by atoms with van der Waals surface area (Å²) < 4.78 is 22.0. The molecule has 41 heavy (non-hydrogen) atoms. The van der Waals surface area contributed by atoms with Crippen molar-refractivity contribution in [2.24, 2.45) is 5.92 Å². The number of amides is 1. The molecule has 0 aromatic heterocycles. The van der Waals surface area contributed by atoms with Gasteiger partial charge in [0.2, 0.25) is 5.91 Å². The first-order valence-electron chi connectivity index (χ1n) is 13.9. The Morgan fingerprint density at radius 3 is 2.44 bits per heavy atom.